The van der Waals surface area contributed by atoms with Crippen LogP contribution in [0.1, 0.15) is 50.0 Å². The molecule has 13 nitrogen and oxygen atoms in total. The number of alkyl carbamates (subject to hydrolysis) is 1. The molecule has 198 valence electrons. The fraction of sp³-hybridized carbons (Fsp3) is 0.440. The highest BCUT2D eigenvalue weighted by atomic mass is 16.5. The summed E-state index contributed by atoms with van der Waals surface area (Å²) in [6, 6.07) is 3.11. The summed E-state index contributed by atoms with van der Waals surface area (Å²) in [6.07, 6.45) is 4.82. The average Bonchev–Trinajstić information content (AvgIpc) is 3.55. The first-order chi connectivity index (χ1) is 19.8. The van der Waals surface area contributed by atoms with E-state index < -0.39 is 42.3 Å². The number of imidazole rings is 1. The number of hydrogen-bond donors (Lipinski definition) is 3. The Morgan fingerprint density at radius 2 is 2.08 bits per heavy atom. The van der Waals surface area contributed by atoms with Gasteiger partial charge < -0.3 is 21.1 Å². The van der Waals surface area contributed by atoms with Crippen LogP contribution in [-0.2, 0) is 22.0 Å². The smallest absolute Gasteiger partial charge is 0.407 e. The van der Waals surface area contributed by atoms with Gasteiger partial charge >= 0.3 is 11.8 Å². The van der Waals surface area contributed by atoms with Gasteiger partial charge in [0.1, 0.15) is 17.2 Å². The third-order valence-electron chi connectivity index (χ3n) is 7.57. The van der Waals surface area contributed by atoms with Gasteiger partial charge in [0.15, 0.2) is 5.65 Å². The summed E-state index contributed by atoms with van der Waals surface area (Å²) in [6.45, 7) is -2.78. The lowest BCUT2D eigenvalue weighted by molar-refractivity contribution is -0.131. The van der Waals surface area contributed by atoms with E-state index in [1.165, 1.54) is 17.9 Å². The number of nitrogens with one attached hydrogen (secondary N) is 2. The van der Waals surface area contributed by atoms with Crippen molar-refractivity contribution in [3.8, 4) is 0 Å². The maximum absolute atomic E-state index is 13.5. The normalized spacial score (nSPS) is 24.2. The van der Waals surface area contributed by atoms with Gasteiger partial charge in [-0.2, -0.15) is 5.10 Å². The predicted molar refractivity (Wildman–Crippen MR) is 139 cm³/mol. The molecule has 0 radical (unpaired) electrons. The van der Waals surface area contributed by atoms with E-state index in [0.717, 1.165) is 11.8 Å². The van der Waals surface area contributed by atoms with Crippen molar-refractivity contribution in [3.63, 3.8) is 0 Å². The number of primary amides is 1. The van der Waals surface area contributed by atoms with Gasteiger partial charge in [0.2, 0.25) is 5.91 Å². The first-order valence-corrected chi connectivity index (χ1v) is 12.3. The van der Waals surface area contributed by atoms with E-state index in [9.17, 15) is 14.4 Å². The minimum Gasteiger partial charge on any atom is -0.453 e. The highest BCUT2D eigenvalue weighted by molar-refractivity contribution is 5.87. The van der Waals surface area contributed by atoms with Gasteiger partial charge in [-0.05, 0) is 50.7 Å². The van der Waals surface area contributed by atoms with E-state index in [-0.39, 0.29) is 24.2 Å². The van der Waals surface area contributed by atoms with Gasteiger partial charge in [-0.3, -0.25) is 13.9 Å². The van der Waals surface area contributed by atoms with E-state index in [4.69, 9.17) is 11.2 Å². The Morgan fingerprint density at radius 3 is 2.79 bits per heavy atom. The Labute approximate surface area is 222 Å². The zero-order valence-corrected chi connectivity index (χ0v) is 20.6. The molecule has 0 aliphatic heterocycles. The van der Waals surface area contributed by atoms with Gasteiger partial charge in [-0.25, -0.2) is 24.2 Å². The lowest BCUT2D eigenvalue weighted by Crippen LogP contribution is -2.52. The highest BCUT2D eigenvalue weighted by Crippen LogP contribution is 2.40. The lowest BCUT2D eigenvalue weighted by atomic mass is 9.76. The number of anilines is 2. The molecule has 4 heterocycles. The fourth-order valence-corrected chi connectivity index (χ4v) is 5.39. The van der Waals surface area contributed by atoms with Crippen LogP contribution >= 0.6 is 0 Å². The SMILES string of the molecule is [2H]C([2H])([2H])n1c(=O)n([C@@H]2CC[C@@]([2H])(NC(=O)OC)C2)c2cc(Nc3ccc4cnn(C5(C(N)=O)CCC5)c4n3)ncc21. The number of ether oxygens (including phenoxy) is 1. The molecule has 2 amide bonds. The topological polar surface area (TPSA) is 164 Å². The summed E-state index contributed by atoms with van der Waals surface area (Å²) >= 11 is 0. The van der Waals surface area contributed by atoms with Crippen LogP contribution in [-0.4, -0.2) is 54.0 Å². The second kappa shape index (κ2) is 8.85. The van der Waals surface area contributed by atoms with Crippen LogP contribution in [0.3, 0.4) is 0 Å². The largest absolute Gasteiger partial charge is 0.453 e. The van der Waals surface area contributed by atoms with Crippen LogP contribution in [0.5, 0.6) is 0 Å². The van der Waals surface area contributed by atoms with Crippen molar-refractivity contribution in [1.82, 2.24) is 34.2 Å². The summed E-state index contributed by atoms with van der Waals surface area (Å²) < 4.78 is 40.8. The molecule has 0 unspecified atom stereocenters. The molecule has 4 N–H and O–H groups in total. The van der Waals surface area contributed by atoms with Crippen molar-refractivity contribution in [2.45, 2.75) is 56.1 Å². The van der Waals surface area contributed by atoms with Crippen LogP contribution in [0.2, 0.25) is 0 Å². The summed E-state index contributed by atoms with van der Waals surface area (Å²) in [5.41, 5.74) is 4.91. The van der Waals surface area contributed by atoms with Gasteiger partial charge in [0.25, 0.3) is 0 Å². The molecule has 0 spiro atoms. The number of aryl methyl sites for hydroxylation is 1. The minimum absolute atomic E-state index is 0.0665. The molecule has 2 aliphatic rings. The molecule has 4 aromatic heterocycles. The third kappa shape index (κ3) is 3.68. The Balaban J connectivity index is 1.39. The lowest BCUT2D eigenvalue weighted by Gasteiger charge is -2.38. The van der Waals surface area contributed by atoms with Gasteiger partial charge in [0, 0.05) is 34.6 Å². The quantitative estimate of drug-likeness (QED) is 0.345. The second-order valence-corrected chi connectivity index (χ2v) is 9.70. The van der Waals surface area contributed by atoms with Crippen molar-refractivity contribution in [2.75, 3.05) is 12.4 Å². The molecule has 0 aromatic carbocycles. The number of hydrogen-bond acceptors (Lipinski definition) is 8. The van der Waals surface area contributed by atoms with Crippen LogP contribution in [0.4, 0.5) is 16.4 Å². The van der Waals surface area contributed by atoms with E-state index in [1.807, 2.05) is 0 Å². The zero-order valence-electron chi connectivity index (χ0n) is 24.6. The summed E-state index contributed by atoms with van der Waals surface area (Å²) in [5.74, 6) is 0.202. The Morgan fingerprint density at radius 1 is 1.24 bits per heavy atom. The molecule has 13 heteroatoms. The number of amides is 2. The van der Waals surface area contributed by atoms with Crippen LogP contribution in [0.25, 0.3) is 22.1 Å². The summed E-state index contributed by atoms with van der Waals surface area (Å²) in [5, 5.41) is 10.7. The first-order valence-electron chi connectivity index (χ1n) is 14.3. The third-order valence-corrected chi connectivity index (χ3v) is 7.57. The Hall–Kier alpha value is -4.42. The number of methoxy groups -OCH3 is 1. The van der Waals surface area contributed by atoms with Crippen LogP contribution in [0.15, 0.2) is 35.4 Å². The maximum atomic E-state index is 13.5. The van der Waals surface area contributed by atoms with Crippen molar-refractivity contribution in [1.29, 1.82) is 0 Å². The maximum Gasteiger partial charge on any atom is 0.407 e. The number of aromatic nitrogens is 6. The van der Waals surface area contributed by atoms with Crippen molar-refractivity contribution >= 4 is 45.7 Å². The van der Waals surface area contributed by atoms with Crippen molar-refractivity contribution < 1.29 is 19.8 Å². The molecule has 2 aliphatic carbocycles. The van der Waals surface area contributed by atoms with Gasteiger partial charge in [-0.15, -0.1) is 0 Å². The molecule has 2 saturated carbocycles. The molecule has 38 heavy (non-hydrogen) atoms. The Bertz CT molecular complexity index is 1790. The van der Waals surface area contributed by atoms with Gasteiger partial charge in [-0.1, -0.05) is 0 Å². The molecule has 0 saturated heterocycles. The van der Waals surface area contributed by atoms with E-state index in [2.05, 4.69) is 30.4 Å². The number of pyridine rings is 2. The molecule has 2 atom stereocenters. The molecule has 4 aromatic rings. The minimum atomic E-state index is -2.78. The first kappa shape index (κ1) is 19.7. The number of nitrogens with two attached hydrogens (primary N) is 1. The zero-order chi connectivity index (χ0) is 30.0. The van der Waals surface area contributed by atoms with Gasteiger partial charge in [0.05, 0.1) is 31.9 Å². The summed E-state index contributed by atoms with van der Waals surface area (Å²) in [4.78, 5) is 46.6. The predicted octanol–water partition coefficient (Wildman–Crippen LogP) is 2.04. The average molecular weight is 524 g/mol. The molecular formula is C25H29N9O4. The van der Waals surface area contributed by atoms with Crippen LogP contribution in [0, 0.1) is 0 Å². The molecule has 2 fully saturated rings. The number of fused-ring (bicyclic) bond motifs is 2. The van der Waals surface area contributed by atoms with Crippen molar-refractivity contribution in [2.24, 2.45) is 12.7 Å². The number of carbonyl (C=O) groups is 2. The number of nitrogens with zero attached hydrogens (tertiary/aromatic N) is 6. The number of rotatable bonds is 6. The highest BCUT2D eigenvalue weighted by Gasteiger charge is 2.46. The van der Waals surface area contributed by atoms with E-state index >= 15 is 0 Å². The molecule has 0 bridgehead atoms. The van der Waals surface area contributed by atoms with Crippen LogP contribution < -0.4 is 22.1 Å². The number of carbonyl (C=O) groups excluding carboxylic acids is 2. The van der Waals surface area contributed by atoms with E-state index in [0.29, 0.717) is 40.8 Å². The monoisotopic (exact) mass is 523 g/mol. The second-order valence-electron chi connectivity index (χ2n) is 9.70. The fourth-order valence-electron chi connectivity index (χ4n) is 5.39. The standard InChI is InChI=1S/C25H29N9O4/c1-32-18-13-27-20(11-17(18)33(24(32)37)16-6-5-15(10-16)29-23(36)38-2)30-19-7-4-14-12-28-34(21(14)31-19)25(22(26)35)8-3-9-25/h4,7,11-13,15-16H,3,5-6,8-10H2,1-2H3,(H2,26,35)(H,29,36)(H,27,30,31)/t15-,16-/m1/s1/i1D3,15D. The van der Waals surface area contributed by atoms with Crippen molar-refractivity contribution in [3.05, 3.63) is 41.1 Å². The van der Waals surface area contributed by atoms with E-state index in [1.54, 1.807) is 29.1 Å². The Kier molecular flexibility index (Phi) is 4.58. The summed E-state index contributed by atoms with van der Waals surface area (Å²) in [7, 11) is 1.20. The molecule has 6 rings (SSSR count). The molecular weight excluding hydrogens is 490 g/mol.